The molecule has 0 aromatic carbocycles. The molecule has 0 aromatic rings. The zero-order chi connectivity index (χ0) is 45.1. The molecule has 0 bridgehead atoms. The molecular weight excluding hydrogens is 769 g/mol. The van der Waals surface area contributed by atoms with Gasteiger partial charge in [0.15, 0.2) is 6.10 Å². The Morgan fingerprint density at radius 3 is 0.984 bits per heavy atom. The number of allylic oxidation sites excluding steroid dienone is 10. The van der Waals surface area contributed by atoms with E-state index in [1.165, 1.54) is 109 Å². The zero-order valence-corrected chi connectivity index (χ0v) is 40.9. The molecule has 0 saturated heterocycles. The fourth-order valence-corrected chi connectivity index (χ4v) is 7.35. The van der Waals surface area contributed by atoms with Gasteiger partial charge in [-0.05, 0) is 64.2 Å². The van der Waals surface area contributed by atoms with Crippen LogP contribution in [-0.2, 0) is 28.6 Å². The van der Waals surface area contributed by atoms with Crippen LogP contribution in [0.5, 0.6) is 0 Å². The summed E-state index contributed by atoms with van der Waals surface area (Å²) in [5.74, 6) is -0.894. The third kappa shape index (κ3) is 48.1. The van der Waals surface area contributed by atoms with Crippen LogP contribution >= 0.6 is 0 Å². The van der Waals surface area contributed by atoms with Gasteiger partial charge in [0.1, 0.15) is 13.2 Å². The summed E-state index contributed by atoms with van der Waals surface area (Å²) in [5, 5.41) is 0. The van der Waals surface area contributed by atoms with Crippen molar-refractivity contribution in [3.05, 3.63) is 60.8 Å². The largest absolute Gasteiger partial charge is 0.462 e. The number of hydrogen-bond acceptors (Lipinski definition) is 6. The lowest BCUT2D eigenvalue weighted by molar-refractivity contribution is -0.167. The number of rotatable bonds is 47. The summed E-state index contributed by atoms with van der Waals surface area (Å²) in [6.07, 6.45) is 62.1. The topological polar surface area (TPSA) is 78.9 Å². The van der Waals surface area contributed by atoms with Crippen molar-refractivity contribution in [2.75, 3.05) is 13.2 Å². The maximum Gasteiger partial charge on any atom is 0.306 e. The number of ether oxygens (including phenoxy) is 3. The molecule has 0 spiro atoms. The Morgan fingerprint density at radius 2 is 0.629 bits per heavy atom. The van der Waals surface area contributed by atoms with E-state index in [0.29, 0.717) is 19.3 Å². The van der Waals surface area contributed by atoms with E-state index in [2.05, 4.69) is 81.5 Å². The van der Waals surface area contributed by atoms with Gasteiger partial charge in [0, 0.05) is 19.3 Å². The summed E-state index contributed by atoms with van der Waals surface area (Å²) < 4.78 is 16.8. The summed E-state index contributed by atoms with van der Waals surface area (Å²) in [5.41, 5.74) is 0. The molecule has 0 aliphatic heterocycles. The standard InChI is InChI=1S/C56H98O6/c1-4-7-10-13-16-19-21-23-25-26-27-28-29-30-32-33-35-37-40-43-46-49-55(58)61-52-53(51-60-54(57)48-45-42-39-18-15-12-9-6-3)62-56(59)50-47-44-41-38-36-34-31-24-22-20-17-14-11-8-5-2/h7,10,16,19,23,25,27-28,30,32,53H,4-6,8-9,11-15,17-18,20-22,24,26,29,31,33-52H2,1-3H3/b10-7-,19-16-,25-23-,28-27-,32-30-. The van der Waals surface area contributed by atoms with E-state index in [9.17, 15) is 14.4 Å². The predicted octanol–water partition coefficient (Wildman–Crippen LogP) is 17.3. The van der Waals surface area contributed by atoms with Gasteiger partial charge in [0.05, 0.1) is 0 Å². The molecule has 6 nitrogen and oxygen atoms in total. The lowest BCUT2D eigenvalue weighted by Crippen LogP contribution is -2.30. The first-order valence-electron chi connectivity index (χ1n) is 26.3. The van der Waals surface area contributed by atoms with Gasteiger partial charge < -0.3 is 14.2 Å². The van der Waals surface area contributed by atoms with Crippen LogP contribution in [0.15, 0.2) is 60.8 Å². The maximum absolute atomic E-state index is 12.8. The number of carbonyl (C=O) groups excluding carboxylic acids is 3. The molecule has 0 N–H and O–H groups in total. The summed E-state index contributed by atoms with van der Waals surface area (Å²) in [4.78, 5) is 37.9. The normalized spacial score (nSPS) is 12.5. The average molecular weight is 867 g/mol. The van der Waals surface area contributed by atoms with Gasteiger partial charge in [0.25, 0.3) is 0 Å². The monoisotopic (exact) mass is 867 g/mol. The van der Waals surface area contributed by atoms with Crippen LogP contribution in [0.4, 0.5) is 0 Å². The van der Waals surface area contributed by atoms with E-state index in [1.807, 2.05) is 0 Å². The maximum atomic E-state index is 12.8. The number of carbonyl (C=O) groups is 3. The number of unbranched alkanes of at least 4 members (excludes halogenated alkanes) is 26. The van der Waals surface area contributed by atoms with Gasteiger partial charge in [-0.3, -0.25) is 14.4 Å². The van der Waals surface area contributed by atoms with Crippen LogP contribution < -0.4 is 0 Å². The Kier molecular flexibility index (Phi) is 48.4. The fraction of sp³-hybridized carbons (Fsp3) is 0.768. The first-order chi connectivity index (χ1) is 30.5. The van der Waals surface area contributed by atoms with Crippen LogP contribution in [0.25, 0.3) is 0 Å². The van der Waals surface area contributed by atoms with Crippen molar-refractivity contribution in [2.24, 2.45) is 0 Å². The van der Waals surface area contributed by atoms with E-state index in [0.717, 1.165) is 109 Å². The highest BCUT2D eigenvalue weighted by atomic mass is 16.6. The van der Waals surface area contributed by atoms with Crippen LogP contribution in [0, 0.1) is 0 Å². The first-order valence-corrected chi connectivity index (χ1v) is 26.3. The summed E-state index contributed by atoms with van der Waals surface area (Å²) >= 11 is 0. The van der Waals surface area contributed by atoms with Gasteiger partial charge >= 0.3 is 17.9 Å². The minimum Gasteiger partial charge on any atom is -0.462 e. The first kappa shape index (κ1) is 59.1. The highest BCUT2D eigenvalue weighted by Gasteiger charge is 2.19. The Bertz CT molecular complexity index is 1130. The van der Waals surface area contributed by atoms with Crippen molar-refractivity contribution in [1.82, 2.24) is 0 Å². The highest BCUT2D eigenvalue weighted by molar-refractivity contribution is 5.71. The van der Waals surface area contributed by atoms with Crippen molar-refractivity contribution < 1.29 is 28.6 Å². The SMILES string of the molecule is CC/C=C\C/C=C\C/C=C\C/C=C\C/C=C\CCCCCCCC(=O)OCC(COC(=O)CCCCCCCCCC)OC(=O)CCCCCCCCCCCCCCCCC. The third-order valence-corrected chi connectivity index (χ3v) is 11.3. The van der Waals surface area contributed by atoms with Crippen molar-refractivity contribution in [1.29, 1.82) is 0 Å². The summed E-state index contributed by atoms with van der Waals surface area (Å²) in [7, 11) is 0. The quantitative estimate of drug-likeness (QED) is 0.0262. The van der Waals surface area contributed by atoms with Gasteiger partial charge in [-0.2, -0.15) is 0 Å². The smallest absolute Gasteiger partial charge is 0.306 e. The number of hydrogen-bond donors (Lipinski definition) is 0. The number of esters is 3. The van der Waals surface area contributed by atoms with Gasteiger partial charge in [-0.1, -0.05) is 236 Å². The molecular formula is C56H98O6. The molecule has 358 valence electrons. The minimum absolute atomic E-state index is 0.0778. The average Bonchev–Trinajstić information content (AvgIpc) is 3.27. The van der Waals surface area contributed by atoms with E-state index < -0.39 is 6.10 Å². The molecule has 0 heterocycles. The molecule has 0 radical (unpaired) electrons. The third-order valence-electron chi connectivity index (χ3n) is 11.3. The molecule has 0 saturated carbocycles. The summed E-state index contributed by atoms with van der Waals surface area (Å²) in [6, 6.07) is 0. The second-order valence-electron chi connectivity index (χ2n) is 17.4. The zero-order valence-electron chi connectivity index (χ0n) is 40.9. The molecule has 0 aliphatic carbocycles. The lowest BCUT2D eigenvalue weighted by atomic mass is 10.0. The van der Waals surface area contributed by atoms with Crippen LogP contribution in [-0.4, -0.2) is 37.2 Å². The lowest BCUT2D eigenvalue weighted by Gasteiger charge is -2.18. The molecule has 1 unspecified atom stereocenters. The van der Waals surface area contributed by atoms with Gasteiger partial charge in [-0.15, -0.1) is 0 Å². The minimum atomic E-state index is -0.777. The predicted molar refractivity (Wildman–Crippen MR) is 265 cm³/mol. The molecule has 1 atom stereocenters. The highest BCUT2D eigenvalue weighted by Crippen LogP contribution is 2.15. The molecule has 0 aromatic heterocycles. The molecule has 62 heavy (non-hydrogen) atoms. The second-order valence-corrected chi connectivity index (χ2v) is 17.4. The van der Waals surface area contributed by atoms with Crippen LogP contribution in [0.3, 0.4) is 0 Å². The van der Waals surface area contributed by atoms with E-state index in [1.54, 1.807) is 0 Å². The van der Waals surface area contributed by atoms with Crippen molar-refractivity contribution in [3.8, 4) is 0 Å². The molecule has 0 amide bonds. The summed E-state index contributed by atoms with van der Waals surface area (Å²) in [6.45, 7) is 6.49. The van der Waals surface area contributed by atoms with Crippen LogP contribution in [0.2, 0.25) is 0 Å². The molecule has 0 rings (SSSR count). The Hall–Kier alpha value is -2.89. The van der Waals surface area contributed by atoms with Gasteiger partial charge in [0.2, 0.25) is 0 Å². The van der Waals surface area contributed by atoms with Crippen molar-refractivity contribution >= 4 is 17.9 Å². The van der Waals surface area contributed by atoms with E-state index in [-0.39, 0.29) is 31.1 Å². The van der Waals surface area contributed by atoms with E-state index in [4.69, 9.17) is 14.2 Å². The second kappa shape index (κ2) is 50.8. The Morgan fingerprint density at radius 1 is 0.339 bits per heavy atom. The van der Waals surface area contributed by atoms with Crippen molar-refractivity contribution in [2.45, 2.75) is 264 Å². The molecule has 6 heteroatoms. The van der Waals surface area contributed by atoms with E-state index >= 15 is 0 Å². The van der Waals surface area contributed by atoms with Crippen molar-refractivity contribution in [3.63, 3.8) is 0 Å². The molecule has 0 aliphatic rings. The molecule has 0 fully saturated rings. The van der Waals surface area contributed by atoms with Crippen LogP contribution in [0.1, 0.15) is 258 Å². The Balaban J connectivity index is 4.30. The van der Waals surface area contributed by atoms with Gasteiger partial charge in [-0.25, -0.2) is 0 Å². The Labute approximate surface area is 383 Å². The fourth-order valence-electron chi connectivity index (χ4n) is 7.35.